The molecule has 2 rings (SSSR count). The average molecular weight is 412 g/mol. The summed E-state index contributed by atoms with van der Waals surface area (Å²) in [5.41, 5.74) is 2.55. The summed E-state index contributed by atoms with van der Waals surface area (Å²) in [6.07, 6.45) is 0. The van der Waals surface area contributed by atoms with Crippen LogP contribution in [0.1, 0.15) is 36.7 Å². The van der Waals surface area contributed by atoms with Crippen molar-refractivity contribution < 1.29 is 4.74 Å². The minimum Gasteiger partial charge on any atom is -0.493 e. The Kier molecular flexibility index (Phi) is 5.50. The second-order valence-electron chi connectivity index (χ2n) is 5.57. The van der Waals surface area contributed by atoms with Crippen molar-refractivity contribution in [3.8, 4) is 5.75 Å². The zero-order valence-corrected chi connectivity index (χ0v) is 15.7. The molecular weight excluding hydrogens is 392 g/mol. The van der Waals surface area contributed by atoms with Crippen LogP contribution in [0.5, 0.6) is 5.75 Å². The van der Waals surface area contributed by atoms with Crippen molar-refractivity contribution in [3.63, 3.8) is 0 Å². The number of hydrogen-bond acceptors (Lipinski definition) is 1. The molecule has 0 aliphatic carbocycles. The van der Waals surface area contributed by atoms with Crippen molar-refractivity contribution in [3.05, 3.63) is 64.1 Å². The van der Waals surface area contributed by atoms with Gasteiger partial charge in [0.2, 0.25) is 0 Å². The van der Waals surface area contributed by atoms with E-state index in [1.165, 1.54) is 11.1 Å². The maximum atomic E-state index is 5.58. The number of rotatable bonds is 5. The van der Waals surface area contributed by atoms with Crippen molar-refractivity contribution in [2.75, 3.05) is 6.61 Å². The molecule has 0 heterocycles. The summed E-state index contributed by atoms with van der Waals surface area (Å²) in [4.78, 5) is 0.222. The minimum absolute atomic E-state index is 0.00612. The van der Waals surface area contributed by atoms with Crippen LogP contribution in [-0.4, -0.2) is 6.61 Å². The van der Waals surface area contributed by atoms with Crippen LogP contribution in [0.25, 0.3) is 0 Å². The lowest BCUT2D eigenvalue weighted by Crippen LogP contribution is -2.23. The summed E-state index contributed by atoms with van der Waals surface area (Å²) < 4.78 is 6.57. The molecule has 1 unspecified atom stereocenters. The SMILES string of the molecule is CCOc1ccc(C(Br)C(C)(C)c2ccccc2)cc1Br. The quantitative estimate of drug-likeness (QED) is 0.527. The van der Waals surface area contributed by atoms with Gasteiger partial charge in [0.15, 0.2) is 0 Å². The topological polar surface area (TPSA) is 9.23 Å². The van der Waals surface area contributed by atoms with Gasteiger partial charge in [0.1, 0.15) is 5.75 Å². The van der Waals surface area contributed by atoms with Crippen molar-refractivity contribution in [1.82, 2.24) is 0 Å². The summed E-state index contributed by atoms with van der Waals surface area (Å²) in [6.45, 7) is 7.18. The molecule has 0 aromatic heterocycles. The van der Waals surface area contributed by atoms with Gasteiger partial charge in [0.25, 0.3) is 0 Å². The number of halogens is 2. The highest BCUT2D eigenvalue weighted by Crippen LogP contribution is 2.44. The van der Waals surface area contributed by atoms with Crippen LogP contribution in [-0.2, 0) is 5.41 Å². The molecule has 0 saturated heterocycles. The van der Waals surface area contributed by atoms with Gasteiger partial charge in [-0.2, -0.15) is 0 Å². The molecule has 1 nitrogen and oxygen atoms in total. The zero-order chi connectivity index (χ0) is 15.5. The Labute approximate surface area is 144 Å². The van der Waals surface area contributed by atoms with Gasteiger partial charge in [0.05, 0.1) is 11.1 Å². The fraction of sp³-hybridized carbons (Fsp3) is 0.333. The van der Waals surface area contributed by atoms with Crippen molar-refractivity contribution in [1.29, 1.82) is 0 Å². The van der Waals surface area contributed by atoms with E-state index in [2.05, 4.69) is 88.2 Å². The zero-order valence-electron chi connectivity index (χ0n) is 12.6. The molecule has 1 atom stereocenters. The third-order valence-corrected chi connectivity index (χ3v) is 5.99. The van der Waals surface area contributed by atoms with Gasteiger partial charge in [0, 0.05) is 10.2 Å². The summed E-state index contributed by atoms with van der Waals surface area (Å²) in [5, 5.41) is 0. The van der Waals surface area contributed by atoms with Gasteiger partial charge >= 0.3 is 0 Å². The van der Waals surface area contributed by atoms with Crippen LogP contribution in [0.15, 0.2) is 53.0 Å². The van der Waals surface area contributed by atoms with Crippen molar-refractivity contribution >= 4 is 31.9 Å². The number of alkyl halides is 1. The average Bonchev–Trinajstić information content (AvgIpc) is 2.49. The Bertz CT molecular complexity index is 593. The molecule has 0 radical (unpaired) electrons. The van der Waals surface area contributed by atoms with Gasteiger partial charge in [-0.05, 0) is 46.1 Å². The smallest absolute Gasteiger partial charge is 0.133 e. The second kappa shape index (κ2) is 6.97. The molecule has 0 aliphatic rings. The molecule has 2 aromatic rings. The standard InChI is InChI=1S/C18H20Br2O/c1-4-21-16-11-10-13(12-15(16)19)17(20)18(2,3)14-8-6-5-7-9-14/h5-12,17H,4H2,1-3H3. The lowest BCUT2D eigenvalue weighted by atomic mass is 9.79. The molecule has 21 heavy (non-hydrogen) atoms. The molecule has 0 spiro atoms. The van der Waals surface area contributed by atoms with Crippen LogP contribution in [0.4, 0.5) is 0 Å². The maximum absolute atomic E-state index is 5.58. The van der Waals surface area contributed by atoms with Crippen LogP contribution in [0, 0.1) is 0 Å². The Morgan fingerprint density at radius 1 is 1.10 bits per heavy atom. The predicted molar refractivity (Wildman–Crippen MR) is 96.4 cm³/mol. The highest BCUT2D eigenvalue weighted by atomic mass is 79.9. The lowest BCUT2D eigenvalue weighted by Gasteiger charge is -2.31. The first kappa shape index (κ1) is 16.6. The minimum atomic E-state index is -0.00612. The van der Waals surface area contributed by atoms with E-state index in [1.807, 2.05) is 13.0 Å². The third kappa shape index (κ3) is 3.70. The normalized spacial score (nSPS) is 13.0. The predicted octanol–water partition coefficient (Wildman–Crippen LogP) is 6.26. The summed E-state index contributed by atoms with van der Waals surface area (Å²) in [6, 6.07) is 16.9. The Hall–Kier alpha value is -0.800. The first-order valence-electron chi connectivity index (χ1n) is 7.08. The van der Waals surface area contributed by atoms with Crippen molar-refractivity contribution in [2.24, 2.45) is 0 Å². The Morgan fingerprint density at radius 3 is 2.33 bits per heavy atom. The van der Waals surface area contributed by atoms with E-state index in [0.717, 1.165) is 10.2 Å². The molecule has 2 aromatic carbocycles. The Balaban J connectivity index is 2.31. The van der Waals surface area contributed by atoms with Gasteiger partial charge in [-0.3, -0.25) is 0 Å². The maximum Gasteiger partial charge on any atom is 0.133 e. The summed E-state index contributed by atoms with van der Waals surface area (Å²) >= 11 is 7.47. The molecular formula is C18H20Br2O. The summed E-state index contributed by atoms with van der Waals surface area (Å²) in [7, 11) is 0. The molecule has 0 N–H and O–H groups in total. The molecule has 0 bridgehead atoms. The highest BCUT2D eigenvalue weighted by molar-refractivity contribution is 9.10. The fourth-order valence-corrected chi connectivity index (χ4v) is 3.44. The molecule has 0 aliphatic heterocycles. The van der Waals surface area contributed by atoms with E-state index in [-0.39, 0.29) is 10.2 Å². The molecule has 0 amide bonds. The van der Waals surface area contributed by atoms with Gasteiger partial charge in [-0.15, -0.1) is 0 Å². The van der Waals surface area contributed by atoms with Crippen LogP contribution in [0.2, 0.25) is 0 Å². The van der Waals surface area contributed by atoms with E-state index in [9.17, 15) is 0 Å². The first-order valence-corrected chi connectivity index (χ1v) is 8.79. The highest BCUT2D eigenvalue weighted by Gasteiger charge is 2.30. The number of hydrogen-bond donors (Lipinski definition) is 0. The third-order valence-electron chi connectivity index (χ3n) is 3.70. The molecule has 112 valence electrons. The number of benzene rings is 2. The van der Waals surface area contributed by atoms with Gasteiger partial charge < -0.3 is 4.74 Å². The summed E-state index contributed by atoms with van der Waals surface area (Å²) in [5.74, 6) is 0.887. The van der Waals surface area contributed by atoms with Crippen LogP contribution < -0.4 is 4.74 Å². The second-order valence-corrected chi connectivity index (χ2v) is 7.34. The van der Waals surface area contributed by atoms with E-state index in [0.29, 0.717) is 6.61 Å². The van der Waals surface area contributed by atoms with E-state index < -0.39 is 0 Å². The van der Waals surface area contributed by atoms with E-state index in [4.69, 9.17) is 4.74 Å². The fourth-order valence-electron chi connectivity index (χ4n) is 2.38. The first-order chi connectivity index (χ1) is 9.96. The largest absolute Gasteiger partial charge is 0.493 e. The molecule has 0 saturated carbocycles. The molecule has 0 fully saturated rings. The van der Waals surface area contributed by atoms with Gasteiger partial charge in [-0.25, -0.2) is 0 Å². The Morgan fingerprint density at radius 2 is 1.76 bits per heavy atom. The monoisotopic (exact) mass is 410 g/mol. The van der Waals surface area contributed by atoms with Crippen molar-refractivity contribution in [2.45, 2.75) is 31.0 Å². The van der Waals surface area contributed by atoms with Crippen LogP contribution >= 0.6 is 31.9 Å². The van der Waals surface area contributed by atoms with Crippen LogP contribution in [0.3, 0.4) is 0 Å². The lowest BCUT2D eigenvalue weighted by molar-refractivity contribution is 0.338. The number of ether oxygens (including phenoxy) is 1. The van der Waals surface area contributed by atoms with E-state index >= 15 is 0 Å². The van der Waals surface area contributed by atoms with Gasteiger partial charge in [-0.1, -0.05) is 66.2 Å². The van der Waals surface area contributed by atoms with E-state index in [1.54, 1.807) is 0 Å². The molecule has 3 heteroatoms.